The van der Waals surface area contributed by atoms with Crippen molar-refractivity contribution in [1.29, 1.82) is 0 Å². The minimum Gasteiger partial charge on any atom is -0.489 e. The summed E-state index contributed by atoms with van der Waals surface area (Å²) < 4.78 is 5.89. The Morgan fingerprint density at radius 3 is 2.55 bits per heavy atom. The molecule has 0 fully saturated rings. The Kier molecular flexibility index (Phi) is 5.67. The molecule has 106 valence electrons. The van der Waals surface area contributed by atoms with Crippen molar-refractivity contribution in [2.45, 2.75) is 45.6 Å². The maximum atomic E-state index is 5.89. The summed E-state index contributed by atoms with van der Waals surface area (Å²) in [5.74, 6) is 1.57. The minimum atomic E-state index is 0.607. The predicted molar refractivity (Wildman–Crippen MR) is 85.2 cm³/mol. The van der Waals surface area contributed by atoms with E-state index in [1.54, 1.807) is 0 Å². The van der Waals surface area contributed by atoms with Crippen LogP contribution in [-0.4, -0.2) is 0 Å². The lowest BCUT2D eigenvalue weighted by Gasteiger charge is -2.13. The van der Waals surface area contributed by atoms with Crippen LogP contribution in [-0.2, 0) is 6.61 Å². The van der Waals surface area contributed by atoms with Gasteiger partial charge in [-0.15, -0.1) is 0 Å². The van der Waals surface area contributed by atoms with E-state index in [-0.39, 0.29) is 0 Å². The van der Waals surface area contributed by atoms with Crippen LogP contribution in [0.4, 0.5) is 0 Å². The molecule has 0 aliphatic rings. The predicted octanol–water partition coefficient (Wildman–Crippen LogP) is 5.56. The average Bonchev–Trinajstić information content (AvgIpc) is 2.52. The molecule has 0 amide bonds. The molecule has 2 aromatic carbocycles. The molecule has 0 bridgehead atoms. The summed E-state index contributed by atoms with van der Waals surface area (Å²) in [6, 6.07) is 18.8. The number of hydrogen-bond acceptors (Lipinski definition) is 1. The highest BCUT2D eigenvalue weighted by Crippen LogP contribution is 2.25. The Morgan fingerprint density at radius 1 is 1.00 bits per heavy atom. The molecule has 1 nitrogen and oxygen atoms in total. The van der Waals surface area contributed by atoms with Gasteiger partial charge in [0.15, 0.2) is 0 Å². The van der Waals surface area contributed by atoms with Crippen LogP contribution >= 0.6 is 0 Å². The first-order valence-corrected chi connectivity index (χ1v) is 7.56. The Bertz CT molecular complexity index is 504. The second-order valence-corrected chi connectivity index (χ2v) is 5.39. The molecule has 20 heavy (non-hydrogen) atoms. The van der Waals surface area contributed by atoms with Crippen molar-refractivity contribution in [3.63, 3.8) is 0 Å². The summed E-state index contributed by atoms with van der Waals surface area (Å²) in [7, 11) is 0. The summed E-state index contributed by atoms with van der Waals surface area (Å²) in [4.78, 5) is 0. The Morgan fingerprint density at radius 2 is 1.80 bits per heavy atom. The van der Waals surface area contributed by atoms with Crippen LogP contribution in [0, 0.1) is 0 Å². The van der Waals surface area contributed by atoms with Gasteiger partial charge in [0.2, 0.25) is 0 Å². The summed E-state index contributed by atoms with van der Waals surface area (Å²) in [6.45, 7) is 5.17. The van der Waals surface area contributed by atoms with E-state index in [2.05, 4.69) is 44.2 Å². The van der Waals surface area contributed by atoms with Crippen LogP contribution < -0.4 is 4.74 Å². The van der Waals surface area contributed by atoms with Gasteiger partial charge in [0.1, 0.15) is 12.4 Å². The third-order valence-corrected chi connectivity index (χ3v) is 3.67. The fraction of sp³-hybridized carbons (Fsp3) is 0.368. The maximum absolute atomic E-state index is 5.89. The normalized spacial score (nSPS) is 12.1. The molecule has 0 aliphatic heterocycles. The molecule has 0 saturated heterocycles. The lowest BCUT2D eigenvalue weighted by molar-refractivity contribution is 0.305. The molecule has 0 aromatic heterocycles. The minimum absolute atomic E-state index is 0.607. The van der Waals surface area contributed by atoms with Crippen LogP contribution in [0.1, 0.15) is 50.2 Å². The highest BCUT2D eigenvalue weighted by atomic mass is 16.5. The molecular formula is C19H24O. The van der Waals surface area contributed by atoms with Crippen molar-refractivity contribution in [3.05, 3.63) is 65.7 Å². The zero-order valence-corrected chi connectivity index (χ0v) is 12.5. The number of benzene rings is 2. The van der Waals surface area contributed by atoms with Crippen molar-refractivity contribution in [3.8, 4) is 5.75 Å². The van der Waals surface area contributed by atoms with Crippen molar-refractivity contribution in [2.75, 3.05) is 0 Å². The number of rotatable bonds is 7. The molecule has 0 spiro atoms. The van der Waals surface area contributed by atoms with Gasteiger partial charge in [0, 0.05) is 0 Å². The van der Waals surface area contributed by atoms with Crippen molar-refractivity contribution >= 4 is 0 Å². The van der Waals surface area contributed by atoms with Crippen molar-refractivity contribution < 1.29 is 4.74 Å². The highest BCUT2D eigenvalue weighted by molar-refractivity contribution is 5.31. The van der Waals surface area contributed by atoms with Gasteiger partial charge in [-0.1, -0.05) is 69.2 Å². The van der Waals surface area contributed by atoms with Crippen LogP contribution in [0.25, 0.3) is 0 Å². The fourth-order valence-corrected chi connectivity index (χ4v) is 2.33. The molecule has 2 aromatic rings. The zero-order valence-electron chi connectivity index (χ0n) is 12.5. The van der Waals surface area contributed by atoms with Gasteiger partial charge in [-0.2, -0.15) is 0 Å². The van der Waals surface area contributed by atoms with Crippen LogP contribution in [0.3, 0.4) is 0 Å². The second-order valence-electron chi connectivity index (χ2n) is 5.39. The van der Waals surface area contributed by atoms with Crippen LogP contribution in [0.15, 0.2) is 54.6 Å². The molecule has 0 saturated carbocycles. The number of unbranched alkanes of at least 4 members (excludes halogenated alkanes) is 1. The lowest BCUT2D eigenvalue weighted by Crippen LogP contribution is -1.97. The summed E-state index contributed by atoms with van der Waals surface area (Å²) in [6.07, 6.45) is 3.80. The molecule has 1 unspecified atom stereocenters. The van der Waals surface area contributed by atoms with E-state index in [1.165, 1.54) is 30.4 Å². The summed E-state index contributed by atoms with van der Waals surface area (Å²) >= 11 is 0. The highest BCUT2D eigenvalue weighted by Gasteiger charge is 2.06. The van der Waals surface area contributed by atoms with E-state index in [1.807, 2.05) is 24.3 Å². The second kappa shape index (κ2) is 7.74. The smallest absolute Gasteiger partial charge is 0.120 e. The van der Waals surface area contributed by atoms with Gasteiger partial charge in [-0.3, -0.25) is 0 Å². The SMILES string of the molecule is CCCCC(C)c1cccc(OCc2ccccc2)c1. The van der Waals surface area contributed by atoms with Gasteiger partial charge < -0.3 is 4.74 Å². The average molecular weight is 268 g/mol. The molecule has 0 heterocycles. The summed E-state index contributed by atoms with van der Waals surface area (Å²) in [5, 5.41) is 0. The van der Waals surface area contributed by atoms with Gasteiger partial charge >= 0.3 is 0 Å². The van der Waals surface area contributed by atoms with E-state index < -0.39 is 0 Å². The standard InChI is InChI=1S/C19H24O/c1-3-4-9-16(2)18-12-8-13-19(14-18)20-15-17-10-6-5-7-11-17/h5-8,10-14,16H,3-4,9,15H2,1-2H3. The molecule has 0 radical (unpaired) electrons. The summed E-state index contributed by atoms with van der Waals surface area (Å²) in [5.41, 5.74) is 2.58. The van der Waals surface area contributed by atoms with Gasteiger partial charge in [0.05, 0.1) is 0 Å². The van der Waals surface area contributed by atoms with Crippen molar-refractivity contribution in [1.82, 2.24) is 0 Å². The molecule has 0 aliphatic carbocycles. The van der Waals surface area contributed by atoms with Gasteiger partial charge in [-0.05, 0) is 35.6 Å². The van der Waals surface area contributed by atoms with Crippen LogP contribution in [0.2, 0.25) is 0 Å². The third kappa shape index (κ3) is 4.41. The van der Waals surface area contributed by atoms with Crippen molar-refractivity contribution in [2.24, 2.45) is 0 Å². The first kappa shape index (κ1) is 14.6. The molecule has 1 heteroatoms. The van der Waals surface area contributed by atoms with Crippen LogP contribution in [0.5, 0.6) is 5.75 Å². The molecule has 0 N–H and O–H groups in total. The maximum Gasteiger partial charge on any atom is 0.120 e. The molecular weight excluding hydrogens is 244 g/mol. The lowest BCUT2D eigenvalue weighted by atomic mass is 9.95. The van der Waals surface area contributed by atoms with E-state index in [0.717, 1.165) is 5.75 Å². The number of hydrogen-bond donors (Lipinski definition) is 0. The van der Waals surface area contributed by atoms with E-state index in [4.69, 9.17) is 4.74 Å². The van der Waals surface area contributed by atoms with E-state index >= 15 is 0 Å². The van der Waals surface area contributed by atoms with Gasteiger partial charge in [-0.25, -0.2) is 0 Å². The quantitative estimate of drug-likeness (QED) is 0.639. The number of ether oxygens (including phenoxy) is 1. The topological polar surface area (TPSA) is 9.23 Å². The Labute approximate surface area is 122 Å². The largest absolute Gasteiger partial charge is 0.489 e. The Hall–Kier alpha value is -1.76. The van der Waals surface area contributed by atoms with E-state index in [9.17, 15) is 0 Å². The molecule has 1 atom stereocenters. The van der Waals surface area contributed by atoms with Gasteiger partial charge in [0.25, 0.3) is 0 Å². The van der Waals surface area contributed by atoms with E-state index in [0.29, 0.717) is 12.5 Å². The monoisotopic (exact) mass is 268 g/mol. The first-order chi connectivity index (χ1) is 9.79. The Balaban J connectivity index is 1.95. The fourth-order valence-electron chi connectivity index (χ4n) is 2.33. The first-order valence-electron chi connectivity index (χ1n) is 7.56. The molecule has 2 rings (SSSR count). The zero-order chi connectivity index (χ0) is 14.2. The third-order valence-electron chi connectivity index (χ3n) is 3.67.